The lowest BCUT2D eigenvalue weighted by Gasteiger charge is -2.27. The molecule has 4 aromatic carbocycles. The van der Waals surface area contributed by atoms with Gasteiger partial charge >= 0.3 is 0 Å². The van der Waals surface area contributed by atoms with Gasteiger partial charge in [0.25, 0.3) is 5.91 Å². The maximum atomic E-state index is 14.0. The standard InChI is InChI=1S/C42H43ClFN5O7S/c1-28-24-38(35-26-31(43)9-17-36(35)46-28)45-19-23-49(57(53,54)34-14-12-33(55-2)13-15-34)22-18-41(51)47-37-16-8-30(42(52)48-20-4-3-5-21-48)25-40(37)56-27-39(50)29-6-10-32(44)11-7-29/h6-17,24-26H,3-5,18-23,27H2,1-2H3,(H,45,46)(H,47,51). The molecule has 2 amide bonds. The van der Waals surface area contributed by atoms with E-state index in [0.717, 1.165) is 41.5 Å². The number of nitrogens with one attached hydrogen (secondary N) is 2. The normalized spacial score (nSPS) is 13.0. The highest BCUT2D eigenvalue weighted by Gasteiger charge is 2.26. The zero-order chi connectivity index (χ0) is 40.5. The number of fused-ring (bicyclic) bond motifs is 1. The number of ether oxygens (including phenoxy) is 2. The SMILES string of the molecule is COc1ccc(S(=O)(=O)N(CCNc2cc(C)nc3ccc(Cl)cc23)CCC(=O)Nc2ccc(C(=O)N3CCCCC3)cc2OCC(=O)c2ccc(F)cc2)cc1. The third-order valence-corrected chi connectivity index (χ3v) is 11.7. The molecule has 2 heterocycles. The van der Waals surface area contributed by atoms with Crippen LogP contribution in [0.5, 0.6) is 11.5 Å². The Bertz CT molecular complexity index is 2360. The van der Waals surface area contributed by atoms with Crippen molar-refractivity contribution in [2.24, 2.45) is 0 Å². The summed E-state index contributed by atoms with van der Waals surface area (Å²) in [6.45, 7) is 2.65. The summed E-state index contributed by atoms with van der Waals surface area (Å²) in [5.41, 5.74) is 2.96. The molecule has 298 valence electrons. The van der Waals surface area contributed by atoms with Crippen LogP contribution in [0.4, 0.5) is 15.8 Å². The second-order valence-corrected chi connectivity index (χ2v) is 15.9. The van der Waals surface area contributed by atoms with E-state index in [1.807, 2.05) is 19.1 Å². The molecule has 15 heteroatoms. The minimum absolute atomic E-state index is 0.00175. The van der Waals surface area contributed by atoms with Gasteiger partial charge in [0.1, 0.15) is 17.3 Å². The third-order valence-electron chi connectivity index (χ3n) is 9.53. The summed E-state index contributed by atoms with van der Waals surface area (Å²) in [6, 6.07) is 22.8. The first-order valence-corrected chi connectivity index (χ1v) is 20.3. The van der Waals surface area contributed by atoms with Crippen LogP contribution in [0, 0.1) is 12.7 Å². The van der Waals surface area contributed by atoms with Gasteiger partial charge < -0.3 is 25.0 Å². The fraction of sp³-hybridized carbons (Fsp3) is 0.286. The van der Waals surface area contributed by atoms with E-state index in [0.29, 0.717) is 29.4 Å². The van der Waals surface area contributed by atoms with Crippen molar-refractivity contribution in [1.82, 2.24) is 14.2 Å². The third kappa shape index (κ3) is 10.4. The Kier molecular flexibility index (Phi) is 13.4. The van der Waals surface area contributed by atoms with E-state index in [2.05, 4.69) is 15.6 Å². The van der Waals surface area contributed by atoms with Gasteiger partial charge in [0, 0.05) is 72.1 Å². The number of aryl methyl sites for hydroxylation is 1. The van der Waals surface area contributed by atoms with E-state index < -0.39 is 34.1 Å². The van der Waals surface area contributed by atoms with Gasteiger partial charge in [0.2, 0.25) is 15.9 Å². The number of carbonyl (C=O) groups excluding carboxylic acids is 3. The van der Waals surface area contributed by atoms with E-state index in [1.54, 1.807) is 35.2 Å². The first kappa shape index (κ1) is 41.1. The minimum Gasteiger partial charge on any atom is -0.497 e. The van der Waals surface area contributed by atoms with Crippen LogP contribution < -0.4 is 20.1 Å². The molecule has 57 heavy (non-hydrogen) atoms. The summed E-state index contributed by atoms with van der Waals surface area (Å²) in [7, 11) is -2.61. The molecule has 1 fully saturated rings. The second-order valence-electron chi connectivity index (χ2n) is 13.6. The minimum atomic E-state index is -4.09. The average Bonchev–Trinajstić information content (AvgIpc) is 3.21. The highest BCUT2D eigenvalue weighted by Crippen LogP contribution is 2.29. The molecule has 0 aliphatic carbocycles. The molecule has 0 bridgehead atoms. The van der Waals surface area contributed by atoms with Crippen molar-refractivity contribution < 1.29 is 36.7 Å². The number of nitrogens with zero attached hydrogens (tertiary/aromatic N) is 3. The van der Waals surface area contributed by atoms with Crippen molar-refractivity contribution in [3.8, 4) is 11.5 Å². The molecule has 0 spiro atoms. The van der Waals surface area contributed by atoms with Crippen LogP contribution >= 0.6 is 11.6 Å². The van der Waals surface area contributed by atoms with Crippen molar-refractivity contribution in [2.45, 2.75) is 37.5 Å². The zero-order valence-corrected chi connectivity index (χ0v) is 33.2. The fourth-order valence-corrected chi connectivity index (χ4v) is 8.11. The van der Waals surface area contributed by atoms with Crippen LogP contribution in [0.15, 0.2) is 95.9 Å². The molecule has 1 aliphatic rings. The molecule has 0 atom stereocenters. The van der Waals surface area contributed by atoms with Crippen LogP contribution in [-0.4, -0.2) is 86.6 Å². The smallest absolute Gasteiger partial charge is 0.253 e. The quantitative estimate of drug-likeness (QED) is 0.0976. The van der Waals surface area contributed by atoms with Crippen molar-refractivity contribution in [3.05, 3.63) is 119 Å². The Morgan fingerprint density at radius 3 is 2.32 bits per heavy atom. The maximum absolute atomic E-state index is 14.0. The van der Waals surface area contributed by atoms with Gasteiger partial charge in [-0.1, -0.05) is 11.6 Å². The average molecular weight is 816 g/mol. The number of rotatable bonds is 16. The van der Waals surface area contributed by atoms with E-state index in [4.69, 9.17) is 21.1 Å². The predicted octanol–water partition coefficient (Wildman–Crippen LogP) is 7.36. The van der Waals surface area contributed by atoms with Gasteiger partial charge in [0.15, 0.2) is 12.4 Å². The van der Waals surface area contributed by atoms with Crippen LogP contribution in [0.2, 0.25) is 5.02 Å². The number of anilines is 2. The molecule has 1 aliphatic heterocycles. The number of piperidine rings is 1. The van der Waals surface area contributed by atoms with Crippen LogP contribution in [0.1, 0.15) is 52.1 Å². The van der Waals surface area contributed by atoms with Crippen LogP contribution in [-0.2, 0) is 14.8 Å². The summed E-state index contributed by atoms with van der Waals surface area (Å²) in [5.74, 6) is -1.10. The fourth-order valence-electron chi connectivity index (χ4n) is 6.50. The molecule has 6 rings (SSSR count). The number of methoxy groups -OCH3 is 1. The summed E-state index contributed by atoms with van der Waals surface area (Å²) in [5, 5.41) is 7.41. The lowest BCUT2D eigenvalue weighted by Crippen LogP contribution is -2.37. The number of sulfonamides is 1. The number of benzene rings is 4. The van der Waals surface area contributed by atoms with E-state index in [-0.39, 0.29) is 53.9 Å². The van der Waals surface area contributed by atoms with Gasteiger partial charge in [-0.2, -0.15) is 4.31 Å². The van der Waals surface area contributed by atoms with Crippen LogP contribution in [0.3, 0.4) is 0 Å². The van der Waals surface area contributed by atoms with E-state index >= 15 is 0 Å². The second kappa shape index (κ2) is 18.6. The first-order valence-electron chi connectivity index (χ1n) is 18.5. The lowest BCUT2D eigenvalue weighted by atomic mass is 10.1. The zero-order valence-electron chi connectivity index (χ0n) is 31.6. The number of hydrogen-bond donors (Lipinski definition) is 2. The Balaban J connectivity index is 1.20. The molecular formula is C42H43ClFN5O7S. The number of pyridine rings is 1. The van der Waals surface area contributed by atoms with Crippen LogP contribution in [0.25, 0.3) is 10.9 Å². The number of likely N-dealkylation sites (tertiary alicyclic amines) is 1. The maximum Gasteiger partial charge on any atom is 0.253 e. The van der Waals surface area contributed by atoms with Gasteiger partial charge in [-0.05, 0) is 117 Å². The van der Waals surface area contributed by atoms with Crippen molar-refractivity contribution >= 4 is 61.5 Å². The molecule has 0 radical (unpaired) electrons. The molecule has 0 unspecified atom stereocenters. The van der Waals surface area contributed by atoms with Crippen molar-refractivity contribution in [3.63, 3.8) is 0 Å². The van der Waals surface area contributed by atoms with Crippen molar-refractivity contribution in [2.75, 3.05) is 57.1 Å². The Labute approximate surface area is 336 Å². The van der Waals surface area contributed by atoms with Gasteiger partial charge in [-0.3, -0.25) is 19.4 Å². The number of halogens is 2. The van der Waals surface area contributed by atoms with Crippen molar-refractivity contribution in [1.29, 1.82) is 0 Å². The Morgan fingerprint density at radius 2 is 1.60 bits per heavy atom. The lowest BCUT2D eigenvalue weighted by molar-refractivity contribution is -0.116. The number of hydrogen-bond acceptors (Lipinski definition) is 9. The highest BCUT2D eigenvalue weighted by molar-refractivity contribution is 7.89. The highest BCUT2D eigenvalue weighted by atomic mass is 35.5. The number of Topliss-reactive ketones (excluding diaryl/α,β-unsaturated/α-hetero) is 1. The van der Waals surface area contributed by atoms with Gasteiger partial charge in [-0.25, -0.2) is 12.8 Å². The Morgan fingerprint density at radius 1 is 0.877 bits per heavy atom. The molecule has 1 saturated heterocycles. The summed E-state index contributed by atoms with van der Waals surface area (Å²) >= 11 is 6.28. The molecule has 12 nitrogen and oxygen atoms in total. The number of aromatic nitrogens is 1. The molecular weight excluding hydrogens is 773 g/mol. The topological polar surface area (TPSA) is 147 Å². The number of carbonyl (C=O) groups is 3. The number of ketones is 1. The summed E-state index contributed by atoms with van der Waals surface area (Å²) in [4.78, 5) is 46.2. The monoisotopic (exact) mass is 815 g/mol. The predicted molar refractivity (Wildman–Crippen MR) is 217 cm³/mol. The van der Waals surface area contributed by atoms with E-state index in [9.17, 15) is 27.2 Å². The summed E-state index contributed by atoms with van der Waals surface area (Å²) < 4.78 is 53.8. The molecule has 2 N–H and O–H groups in total. The molecule has 5 aromatic rings. The molecule has 0 saturated carbocycles. The van der Waals surface area contributed by atoms with E-state index in [1.165, 1.54) is 59.9 Å². The molecule has 1 aromatic heterocycles. The Hall–Kier alpha value is -5.57. The number of amides is 2. The van der Waals surface area contributed by atoms with Gasteiger partial charge in [-0.15, -0.1) is 0 Å². The van der Waals surface area contributed by atoms with Gasteiger partial charge in [0.05, 0.1) is 23.2 Å². The largest absolute Gasteiger partial charge is 0.497 e. The first-order chi connectivity index (χ1) is 27.4. The summed E-state index contributed by atoms with van der Waals surface area (Å²) in [6.07, 6.45) is 2.59.